The third kappa shape index (κ3) is 4.00. The van der Waals surface area contributed by atoms with Crippen LogP contribution in [0.2, 0.25) is 0 Å². The topological polar surface area (TPSA) is 144 Å². The highest BCUT2D eigenvalue weighted by molar-refractivity contribution is 5.77. The second-order valence-electron chi connectivity index (χ2n) is 4.28. The Balaban J connectivity index is 3.41. The van der Waals surface area contributed by atoms with Gasteiger partial charge in [-0.2, -0.15) is 0 Å². The molecule has 1 atom stereocenters. The Morgan fingerprint density at radius 2 is 1.90 bits per heavy atom. The Morgan fingerprint density at radius 1 is 1.29 bits per heavy atom. The smallest absolute Gasteiger partial charge is 0.351 e. The van der Waals surface area contributed by atoms with Crippen LogP contribution in [0.5, 0.6) is 0 Å². The summed E-state index contributed by atoms with van der Waals surface area (Å²) in [7, 11) is 0. The predicted octanol–water partition coefficient (Wildman–Crippen LogP) is 2.22. The fourth-order valence-electron chi connectivity index (χ4n) is 1.88. The van der Waals surface area contributed by atoms with E-state index in [-0.39, 0.29) is 17.7 Å². The third-order valence-electron chi connectivity index (χ3n) is 2.73. The Labute approximate surface area is 118 Å². The fraction of sp³-hybridized carbons (Fsp3) is 0.250. The number of carbonyl (C=O) groups excluding carboxylic acids is 1. The van der Waals surface area contributed by atoms with Crippen molar-refractivity contribution in [3.05, 3.63) is 61.7 Å². The number of nitro groups is 2. The van der Waals surface area contributed by atoms with Gasteiger partial charge in [0.15, 0.2) is 0 Å². The van der Waals surface area contributed by atoms with Crippen LogP contribution >= 0.6 is 0 Å². The van der Waals surface area contributed by atoms with Crippen molar-refractivity contribution in [3.8, 4) is 0 Å². The monoisotopic (exact) mass is 296 g/mol. The van der Waals surface area contributed by atoms with Crippen LogP contribution in [0.3, 0.4) is 0 Å². The number of benzene rings is 1. The lowest BCUT2D eigenvalue weighted by Gasteiger charge is -2.13. The van der Waals surface area contributed by atoms with Crippen LogP contribution in [-0.2, 0) is 4.79 Å². The van der Waals surface area contributed by atoms with E-state index in [4.69, 9.17) is 10.2 Å². The van der Waals surface area contributed by atoms with Gasteiger partial charge in [0, 0.05) is 18.6 Å². The lowest BCUT2D eigenvalue weighted by atomic mass is 9.91. The molecule has 0 aliphatic carbocycles. The van der Waals surface area contributed by atoms with Gasteiger partial charge in [-0.25, -0.2) is 0 Å². The zero-order valence-electron chi connectivity index (χ0n) is 10.9. The van der Waals surface area contributed by atoms with Crippen LogP contribution in [-0.4, -0.2) is 25.8 Å². The van der Waals surface area contributed by atoms with Crippen molar-refractivity contribution in [3.63, 3.8) is 0 Å². The van der Waals surface area contributed by atoms with Gasteiger partial charge in [-0.15, -0.1) is 0 Å². The second kappa shape index (κ2) is 6.46. The molecule has 0 aliphatic rings. The summed E-state index contributed by atoms with van der Waals surface area (Å²) in [5, 5.41) is 39.8. The minimum Gasteiger partial charge on any atom is -0.476 e. The maximum atomic E-state index is 11.3. The number of ketones is 1. The number of carbonyl (C=O) groups is 1. The number of hydrogen-bond donors (Lipinski definition) is 2. The molecular weight excluding hydrogens is 284 g/mol. The zero-order valence-corrected chi connectivity index (χ0v) is 10.9. The molecule has 112 valence electrons. The Hall–Kier alpha value is -2.97. The van der Waals surface area contributed by atoms with Gasteiger partial charge in [0.05, 0.1) is 15.8 Å². The van der Waals surface area contributed by atoms with Gasteiger partial charge in [0.2, 0.25) is 0 Å². The van der Waals surface area contributed by atoms with Crippen LogP contribution in [0, 0.1) is 20.2 Å². The van der Waals surface area contributed by atoms with Crippen molar-refractivity contribution in [2.45, 2.75) is 19.3 Å². The summed E-state index contributed by atoms with van der Waals surface area (Å²) >= 11 is 0. The highest BCUT2D eigenvalue weighted by Crippen LogP contribution is 2.31. The number of non-ortho nitro benzene ring substituents is 1. The van der Waals surface area contributed by atoms with E-state index < -0.39 is 33.2 Å². The summed E-state index contributed by atoms with van der Waals surface area (Å²) < 4.78 is 0. The number of rotatable bonds is 6. The van der Waals surface area contributed by atoms with Gasteiger partial charge >= 0.3 is 11.6 Å². The molecule has 0 aliphatic heterocycles. The number of nitro benzene ring substituents is 1. The van der Waals surface area contributed by atoms with E-state index >= 15 is 0 Å². The highest BCUT2D eigenvalue weighted by atomic mass is 16.6. The van der Waals surface area contributed by atoms with Crippen LogP contribution < -0.4 is 0 Å². The molecule has 2 N–H and O–H groups in total. The minimum atomic E-state index is -1.53. The van der Waals surface area contributed by atoms with E-state index in [1.54, 1.807) is 0 Å². The molecule has 0 saturated heterocycles. The first kappa shape index (κ1) is 16.1. The summed E-state index contributed by atoms with van der Waals surface area (Å²) in [6, 6.07) is 4.88. The summed E-state index contributed by atoms with van der Waals surface area (Å²) in [6.45, 7) is 1.18. The standard InChI is InChI=1S/C12H12N2O7/c1-7(15)5-10(11(12(16)17)14(20)21)8-3-2-4-9(6-8)13(18)19/h2-4,6,10,16-17H,5H2,1H3. The van der Waals surface area contributed by atoms with Crippen LogP contribution in [0.15, 0.2) is 35.9 Å². The molecule has 1 rings (SSSR count). The normalized spacial score (nSPS) is 11.5. The summed E-state index contributed by atoms with van der Waals surface area (Å²) in [4.78, 5) is 31.2. The maximum Gasteiger partial charge on any atom is 0.351 e. The van der Waals surface area contributed by atoms with Crippen molar-refractivity contribution >= 4 is 11.5 Å². The van der Waals surface area contributed by atoms with E-state index in [9.17, 15) is 25.0 Å². The Bertz CT molecular complexity index is 620. The van der Waals surface area contributed by atoms with Crippen LogP contribution in [0.25, 0.3) is 0 Å². The van der Waals surface area contributed by atoms with Gasteiger partial charge in [0.1, 0.15) is 5.78 Å². The Kier molecular flexibility index (Phi) is 4.95. The lowest BCUT2D eigenvalue weighted by Crippen LogP contribution is -2.16. The van der Waals surface area contributed by atoms with Crippen molar-refractivity contribution in [2.75, 3.05) is 0 Å². The van der Waals surface area contributed by atoms with Gasteiger partial charge in [0.25, 0.3) is 5.69 Å². The number of allylic oxidation sites excluding steroid dienone is 1. The average molecular weight is 296 g/mol. The molecule has 0 heterocycles. The lowest BCUT2D eigenvalue weighted by molar-refractivity contribution is -0.435. The molecule has 0 aromatic heterocycles. The average Bonchev–Trinajstić information content (AvgIpc) is 2.36. The summed E-state index contributed by atoms with van der Waals surface area (Å²) in [6.07, 6.45) is -0.387. The van der Waals surface area contributed by atoms with Crippen LogP contribution in [0.4, 0.5) is 5.69 Å². The number of hydrogen-bond acceptors (Lipinski definition) is 7. The Morgan fingerprint density at radius 3 is 2.33 bits per heavy atom. The summed E-state index contributed by atoms with van der Waals surface area (Å²) in [5.74, 6) is -3.26. The van der Waals surface area contributed by atoms with Crippen molar-refractivity contribution in [1.82, 2.24) is 0 Å². The number of aliphatic hydroxyl groups is 2. The van der Waals surface area contributed by atoms with Crippen LogP contribution in [0.1, 0.15) is 24.8 Å². The molecule has 9 heteroatoms. The molecule has 1 aromatic carbocycles. The van der Waals surface area contributed by atoms with Gasteiger partial charge < -0.3 is 10.2 Å². The van der Waals surface area contributed by atoms with Crippen molar-refractivity contribution < 1.29 is 24.9 Å². The SMILES string of the molecule is CC(=O)CC(C(=C(O)O)[N+](=O)[O-])c1cccc([N+](=O)[O-])c1. The number of Topliss-reactive ketones (excluding diaryl/α,β-unsaturated/α-hetero) is 1. The molecule has 1 aromatic rings. The third-order valence-corrected chi connectivity index (χ3v) is 2.73. The van der Waals surface area contributed by atoms with E-state index in [1.807, 2.05) is 0 Å². The first-order valence-corrected chi connectivity index (χ1v) is 5.74. The molecule has 0 bridgehead atoms. The van der Waals surface area contributed by atoms with E-state index in [1.165, 1.54) is 25.1 Å². The zero-order chi connectivity index (χ0) is 16.2. The molecule has 1 unspecified atom stereocenters. The van der Waals surface area contributed by atoms with Crippen molar-refractivity contribution in [2.24, 2.45) is 0 Å². The quantitative estimate of drug-likeness (QED) is 0.465. The van der Waals surface area contributed by atoms with E-state index in [0.717, 1.165) is 6.07 Å². The molecule has 0 amide bonds. The fourth-order valence-corrected chi connectivity index (χ4v) is 1.88. The molecule has 0 saturated carbocycles. The van der Waals surface area contributed by atoms with Gasteiger partial charge in [-0.3, -0.25) is 25.0 Å². The van der Waals surface area contributed by atoms with Crippen molar-refractivity contribution in [1.29, 1.82) is 0 Å². The summed E-state index contributed by atoms with van der Waals surface area (Å²) in [5.41, 5.74) is -1.22. The molecular formula is C12H12N2O7. The number of aliphatic hydroxyl groups excluding tert-OH is 1. The first-order valence-electron chi connectivity index (χ1n) is 5.74. The highest BCUT2D eigenvalue weighted by Gasteiger charge is 2.33. The number of nitrogens with zero attached hydrogens (tertiary/aromatic N) is 2. The van der Waals surface area contributed by atoms with Gasteiger partial charge in [-0.1, -0.05) is 12.1 Å². The van der Waals surface area contributed by atoms with E-state index in [0.29, 0.717) is 0 Å². The molecule has 0 radical (unpaired) electrons. The molecule has 0 spiro atoms. The van der Waals surface area contributed by atoms with E-state index in [2.05, 4.69) is 0 Å². The second-order valence-corrected chi connectivity index (χ2v) is 4.28. The first-order chi connectivity index (χ1) is 9.73. The van der Waals surface area contributed by atoms with Gasteiger partial charge in [-0.05, 0) is 12.5 Å². The molecule has 9 nitrogen and oxygen atoms in total. The predicted molar refractivity (Wildman–Crippen MR) is 70.4 cm³/mol. The minimum absolute atomic E-state index is 0.0756. The molecule has 21 heavy (non-hydrogen) atoms. The largest absolute Gasteiger partial charge is 0.476 e. The maximum absolute atomic E-state index is 11.3. The molecule has 0 fully saturated rings.